The molecule has 0 saturated heterocycles. The smallest absolute Gasteiger partial charge is 0.154 e. The Labute approximate surface area is 61.6 Å². The van der Waals surface area contributed by atoms with Crippen LogP contribution in [0.5, 0.6) is 0 Å². The van der Waals surface area contributed by atoms with Crippen LogP contribution in [0.25, 0.3) is 0 Å². The Kier molecular flexibility index (Phi) is 5.44. The third kappa shape index (κ3) is 6.95. The van der Waals surface area contributed by atoms with E-state index in [9.17, 15) is 4.79 Å². The quantitative estimate of drug-likeness (QED) is 0.353. The summed E-state index contributed by atoms with van der Waals surface area (Å²) in [6, 6.07) is 0. The number of hydrogen-bond donors (Lipinski definition) is 1. The van der Waals surface area contributed by atoms with Crippen molar-refractivity contribution >= 4 is 5.78 Å². The third-order valence-corrected chi connectivity index (χ3v) is 0.929. The first kappa shape index (κ1) is 8.95. The van der Waals surface area contributed by atoms with Gasteiger partial charge >= 0.3 is 0 Å². The molecule has 0 amide bonds. The van der Waals surface area contributed by atoms with Gasteiger partial charge in [-0.3, -0.25) is 4.79 Å². The second-order valence-corrected chi connectivity index (χ2v) is 1.98. The SMILES string of the molecule is C=CCCNC=CC(C)=O. The van der Waals surface area contributed by atoms with Crippen LogP contribution >= 0.6 is 0 Å². The number of rotatable bonds is 5. The average Bonchev–Trinajstić information content (AvgIpc) is 1.87. The lowest BCUT2D eigenvalue weighted by atomic mass is 10.4. The van der Waals surface area contributed by atoms with Crippen molar-refractivity contribution in [2.75, 3.05) is 6.54 Å². The Hall–Kier alpha value is -1.05. The van der Waals surface area contributed by atoms with E-state index < -0.39 is 0 Å². The fraction of sp³-hybridized carbons (Fsp3) is 0.375. The molecule has 2 heteroatoms. The molecule has 0 bridgehead atoms. The lowest BCUT2D eigenvalue weighted by Gasteiger charge is -1.93. The maximum absolute atomic E-state index is 10.3. The number of carbonyl (C=O) groups is 1. The van der Waals surface area contributed by atoms with Crippen LogP contribution in [0.1, 0.15) is 13.3 Å². The largest absolute Gasteiger partial charge is 0.390 e. The molecule has 2 nitrogen and oxygen atoms in total. The summed E-state index contributed by atoms with van der Waals surface area (Å²) in [6.45, 7) is 5.92. The van der Waals surface area contributed by atoms with E-state index >= 15 is 0 Å². The molecule has 0 aromatic carbocycles. The van der Waals surface area contributed by atoms with Crippen LogP contribution in [0.3, 0.4) is 0 Å². The van der Waals surface area contributed by atoms with Gasteiger partial charge < -0.3 is 5.32 Å². The fourth-order valence-electron chi connectivity index (χ4n) is 0.445. The van der Waals surface area contributed by atoms with Gasteiger partial charge in [-0.1, -0.05) is 6.08 Å². The topological polar surface area (TPSA) is 29.1 Å². The number of allylic oxidation sites excluding steroid dienone is 1. The summed E-state index contributed by atoms with van der Waals surface area (Å²) in [7, 11) is 0. The van der Waals surface area contributed by atoms with Gasteiger partial charge in [-0.05, 0) is 25.6 Å². The minimum absolute atomic E-state index is 0.0612. The van der Waals surface area contributed by atoms with E-state index in [0.717, 1.165) is 13.0 Å². The highest BCUT2D eigenvalue weighted by molar-refractivity contribution is 5.87. The Morgan fingerprint density at radius 1 is 1.70 bits per heavy atom. The maximum Gasteiger partial charge on any atom is 0.154 e. The fourth-order valence-corrected chi connectivity index (χ4v) is 0.445. The first-order valence-electron chi connectivity index (χ1n) is 3.28. The summed E-state index contributed by atoms with van der Waals surface area (Å²) in [6.07, 6.45) is 5.91. The highest BCUT2D eigenvalue weighted by Gasteiger charge is 1.79. The molecular formula is C8H13NO. The van der Waals surface area contributed by atoms with Gasteiger partial charge in [-0.25, -0.2) is 0 Å². The summed E-state index contributed by atoms with van der Waals surface area (Å²) < 4.78 is 0. The summed E-state index contributed by atoms with van der Waals surface area (Å²) in [5, 5.41) is 2.94. The molecule has 56 valence electrons. The predicted octanol–water partition coefficient (Wildman–Crippen LogP) is 1.25. The summed E-state index contributed by atoms with van der Waals surface area (Å²) in [4.78, 5) is 10.3. The van der Waals surface area contributed by atoms with Crippen LogP contribution < -0.4 is 5.32 Å². The minimum atomic E-state index is 0.0612. The van der Waals surface area contributed by atoms with E-state index in [1.54, 1.807) is 6.20 Å². The maximum atomic E-state index is 10.3. The first-order chi connectivity index (χ1) is 4.77. The molecule has 0 saturated carbocycles. The number of carbonyl (C=O) groups excluding carboxylic acids is 1. The average molecular weight is 139 g/mol. The Morgan fingerprint density at radius 2 is 2.40 bits per heavy atom. The summed E-state index contributed by atoms with van der Waals surface area (Å²) in [5.74, 6) is 0.0612. The van der Waals surface area contributed by atoms with Gasteiger partial charge in [0.15, 0.2) is 5.78 Å². The van der Waals surface area contributed by atoms with Crippen molar-refractivity contribution in [1.29, 1.82) is 0 Å². The zero-order valence-corrected chi connectivity index (χ0v) is 6.26. The summed E-state index contributed by atoms with van der Waals surface area (Å²) in [5.41, 5.74) is 0. The van der Waals surface area contributed by atoms with Gasteiger partial charge in [0.2, 0.25) is 0 Å². The lowest BCUT2D eigenvalue weighted by Crippen LogP contribution is -2.05. The van der Waals surface area contributed by atoms with E-state index in [0.29, 0.717) is 0 Å². The molecule has 0 spiro atoms. The van der Waals surface area contributed by atoms with E-state index in [-0.39, 0.29) is 5.78 Å². The molecule has 0 heterocycles. The van der Waals surface area contributed by atoms with Gasteiger partial charge in [-0.15, -0.1) is 6.58 Å². The normalized spacial score (nSPS) is 9.70. The van der Waals surface area contributed by atoms with Gasteiger partial charge in [0.1, 0.15) is 0 Å². The van der Waals surface area contributed by atoms with Crippen molar-refractivity contribution in [1.82, 2.24) is 5.32 Å². The number of ketones is 1. The molecule has 0 atom stereocenters. The van der Waals surface area contributed by atoms with Crippen molar-refractivity contribution in [3.63, 3.8) is 0 Å². The molecule has 0 aromatic heterocycles. The standard InChI is InChI=1S/C8H13NO/c1-3-4-6-9-7-5-8(2)10/h3,5,7,9H,1,4,6H2,2H3. The van der Waals surface area contributed by atoms with Gasteiger partial charge in [0.25, 0.3) is 0 Å². The molecule has 0 fully saturated rings. The zero-order valence-electron chi connectivity index (χ0n) is 6.26. The molecule has 0 aliphatic rings. The van der Waals surface area contributed by atoms with E-state index in [1.165, 1.54) is 13.0 Å². The van der Waals surface area contributed by atoms with Gasteiger partial charge in [0.05, 0.1) is 0 Å². The molecular weight excluding hydrogens is 126 g/mol. The Morgan fingerprint density at radius 3 is 2.90 bits per heavy atom. The second-order valence-electron chi connectivity index (χ2n) is 1.98. The second kappa shape index (κ2) is 6.08. The Balaban J connectivity index is 3.18. The van der Waals surface area contributed by atoms with E-state index in [4.69, 9.17) is 0 Å². The van der Waals surface area contributed by atoms with Gasteiger partial charge in [0, 0.05) is 6.54 Å². The van der Waals surface area contributed by atoms with Gasteiger partial charge in [-0.2, -0.15) is 0 Å². The van der Waals surface area contributed by atoms with E-state index in [2.05, 4.69) is 11.9 Å². The number of nitrogens with one attached hydrogen (secondary N) is 1. The van der Waals surface area contributed by atoms with Crippen molar-refractivity contribution < 1.29 is 4.79 Å². The first-order valence-corrected chi connectivity index (χ1v) is 3.28. The molecule has 0 radical (unpaired) electrons. The van der Waals surface area contributed by atoms with Crippen molar-refractivity contribution in [2.24, 2.45) is 0 Å². The molecule has 0 aliphatic heterocycles. The zero-order chi connectivity index (χ0) is 7.82. The van der Waals surface area contributed by atoms with E-state index in [1.807, 2.05) is 6.08 Å². The molecule has 0 aliphatic carbocycles. The minimum Gasteiger partial charge on any atom is -0.390 e. The van der Waals surface area contributed by atoms with Crippen LogP contribution in [0.4, 0.5) is 0 Å². The third-order valence-electron chi connectivity index (χ3n) is 0.929. The molecule has 0 unspecified atom stereocenters. The number of hydrogen-bond acceptors (Lipinski definition) is 2. The van der Waals surface area contributed by atoms with Crippen molar-refractivity contribution in [3.8, 4) is 0 Å². The van der Waals surface area contributed by atoms with Crippen LogP contribution in [0.2, 0.25) is 0 Å². The summed E-state index contributed by atoms with van der Waals surface area (Å²) >= 11 is 0. The highest BCUT2D eigenvalue weighted by atomic mass is 16.1. The molecule has 0 aromatic rings. The molecule has 10 heavy (non-hydrogen) atoms. The van der Waals surface area contributed by atoms with Crippen molar-refractivity contribution in [3.05, 3.63) is 24.9 Å². The van der Waals surface area contributed by atoms with Crippen LogP contribution in [0.15, 0.2) is 24.9 Å². The van der Waals surface area contributed by atoms with Crippen LogP contribution in [0, 0.1) is 0 Å². The van der Waals surface area contributed by atoms with Crippen molar-refractivity contribution in [2.45, 2.75) is 13.3 Å². The lowest BCUT2D eigenvalue weighted by molar-refractivity contribution is -0.112. The Bertz CT molecular complexity index is 138. The molecule has 1 N–H and O–H groups in total. The molecule has 0 rings (SSSR count). The van der Waals surface area contributed by atoms with Crippen LogP contribution in [-0.2, 0) is 4.79 Å². The highest BCUT2D eigenvalue weighted by Crippen LogP contribution is 1.76. The monoisotopic (exact) mass is 139 g/mol. The van der Waals surface area contributed by atoms with Crippen LogP contribution in [-0.4, -0.2) is 12.3 Å². The predicted molar refractivity (Wildman–Crippen MR) is 42.6 cm³/mol.